The zero-order valence-corrected chi connectivity index (χ0v) is 15.3. The number of carbonyl (C=O) groups excluding carboxylic acids is 1. The van der Waals surface area contributed by atoms with Gasteiger partial charge < -0.3 is 20.4 Å². The minimum atomic E-state index is -0.0543. The summed E-state index contributed by atoms with van der Waals surface area (Å²) in [7, 11) is 0. The quantitative estimate of drug-likeness (QED) is 0.864. The molecule has 4 heterocycles. The summed E-state index contributed by atoms with van der Waals surface area (Å²) in [5.41, 5.74) is 0.796. The normalized spacial score (nSPS) is 17.8. The molecule has 4 rings (SSSR count). The molecule has 2 aliphatic heterocycles. The first-order valence-corrected chi connectivity index (χ1v) is 9.60. The number of urea groups is 1. The fourth-order valence-electron chi connectivity index (χ4n) is 3.68. The van der Waals surface area contributed by atoms with Crippen LogP contribution < -0.4 is 15.5 Å². The summed E-state index contributed by atoms with van der Waals surface area (Å²) in [6.07, 6.45) is 7.57. The topological polar surface area (TPSA) is 86.3 Å². The van der Waals surface area contributed by atoms with Crippen LogP contribution in [-0.2, 0) is 0 Å². The molecule has 2 aromatic heterocycles. The Hall–Kier alpha value is -2.90. The number of piperidine rings is 1. The van der Waals surface area contributed by atoms with E-state index in [1.54, 1.807) is 12.4 Å². The van der Waals surface area contributed by atoms with Crippen molar-refractivity contribution >= 4 is 23.4 Å². The summed E-state index contributed by atoms with van der Waals surface area (Å²) in [5, 5.41) is 14.4. The summed E-state index contributed by atoms with van der Waals surface area (Å²) >= 11 is 0. The lowest BCUT2D eigenvalue weighted by Crippen LogP contribution is -2.44. The van der Waals surface area contributed by atoms with Crippen LogP contribution in [0.1, 0.15) is 25.7 Å². The van der Waals surface area contributed by atoms with E-state index in [-0.39, 0.29) is 6.03 Å². The van der Waals surface area contributed by atoms with E-state index >= 15 is 0 Å². The van der Waals surface area contributed by atoms with E-state index < -0.39 is 0 Å². The molecule has 2 aliphatic rings. The molecule has 2 fully saturated rings. The predicted molar refractivity (Wildman–Crippen MR) is 105 cm³/mol. The average Bonchev–Trinajstić information content (AvgIpc) is 3.24. The molecule has 0 unspecified atom stereocenters. The van der Waals surface area contributed by atoms with Gasteiger partial charge in [-0.05, 0) is 49.9 Å². The van der Waals surface area contributed by atoms with Gasteiger partial charge in [0, 0.05) is 44.6 Å². The van der Waals surface area contributed by atoms with Crippen molar-refractivity contribution in [3.63, 3.8) is 0 Å². The monoisotopic (exact) mass is 367 g/mol. The minimum absolute atomic E-state index is 0.0543. The highest BCUT2D eigenvalue weighted by molar-refractivity contribution is 5.92. The van der Waals surface area contributed by atoms with Gasteiger partial charge >= 0.3 is 6.03 Å². The van der Waals surface area contributed by atoms with E-state index in [0.29, 0.717) is 19.1 Å². The van der Waals surface area contributed by atoms with Crippen molar-refractivity contribution in [3.05, 3.63) is 36.7 Å². The van der Waals surface area contributed by atoms with E-state index in [0.717, 1.165) is 43.3 Å². The molecule has 0 aliphatic carbocycles. The molecule has 2 amide bonds. The molecule has 142 valence electrons. The Morgan fingerprint density at radius 3 is 2.56 bits per heavy atom. The number of hydrogen-bond acceptors (Lipinski definition) is 6. The number of anilines is 3. The summed E-state index contributed by atoms with van der Waals surface area (Å²) in [6, 6.07) is 7.83. The lowest BCUT2D eigenvalue weighted by molar-refractivity contribution is 0.197. The van der Waals surface area contributed by atoms with Crippen molar-refractivity contribution < 1.29 is 4.79 Å². The van der Waals surface area contributed by atoms with Crippen LogP contribution in [0.3, 0.4) is 0 Å². The second-order valence-electron chi connectivity index (χ2n) is 7.01. The van der Waals surface area contributed by atoms with Crippen LogP contribution >= 0.6 is 0 Å². The molecule has 0 atom stereocenters. The Kier molecular flexibility index (Phi) is 5.32. The Morgan fingerprint density at radius 1 is 1.04 bits per heavy atom. The molecule has 0 spiro atoms. The van der Waals surface area contributed by atoms with Crippen LogP contribution in [0.4, 0.5) is 22.1 Å². The van der Waals surface area contributed by atoms with Gasteiger partial charge in [-0.25, -0.2) is 9.78 Å². The minimum Gasteiger partial charge on any atom is -0.366 e. The van der Waals surface area contributed by atoms with E-state index in [1.165, 1.54) is 12.8 Å². The average molecular weight is 367 g/mol. The van der Waals surface area contributed by atoms with E-state index in [9.17, 15) is 4.79 Å². The second kappa shape index (κ2) is 8.20. The van der Waals surface area contributed by atoms with Crippen LogP contribution in [0.15, 0.2) is 36.7 Å². The maximum atomic E-state index is 12.7. The first-order valence-electron chi connectivity index (χ1n) is 9.60. The van der Waals surface area contributed by atoms with E-state index in [4.69, 9.17) is 0 Å². The number of hydrogen-bond donors (Lipinski definition) is 2. The van der Waals surface area contributed by atoms with Crippen LogP contribution in [0, 0.1) is 0 Å². The Labute approximate surface area is 159 Å². The maximum Gasteiger partial charge on any atom is 0.321 e. The maximum absolute atomic E-state index is 12.7. The van der Waals surface area contributed by atoms with Crippen LogP contribution in [0.5, 0.6) is 0 Å². The highest BCUT2D eigenvalue weighted by Crippen LogP contribution is 2.26. The first-order chi connectivity index (χ1) is 13.3. The molecule has 0 aromatic carbocycles. The number of amides is 2. The SMILES string of the molecule is O=C(Nc1cccnc1N1CCCC1)N1CCC(Nc2cccnn2)CC1. The van der Waals surface area contributed by atoms with Crippen molar-refractivity contribution in [2.75, 3.05) is 41.7 Å². The number of carbonyl (C=O) groups is 1. The molecule has 0 bridgehead atoms. The molecule has 2 saturated heterocycles. The smallest absolute Gasteiger partial charge is 0.321 e. The van der Waals surface area contributed by atoms with Crippen molar-refractivity contribution in [1.82, 2.24) is 20.1 Å². The van der Waals surface area contributed by atoms with Gasteiger partial charge in [0.15, 0.2) is 5.82 Å². The molecule has 2 N–H and O–H groups in total. The standard InChI is InChI=1S/C19H25N7O/c27-19(23-16-5-3-9-20-18(16)25-11-1-2-12-25)26-13-7-15(8-14-26)22-17-6-4-10-21-24-17/h3-6,9-10,15H,1-2,7-8,11-14H2,(H,22,24)(H,23,27). The molecule has 8 heteroatoms. The molecular weight excluding hydrogens is 342 g/mol. The summed E-state index contributed by atoms with van der Waals surface area (Å²) < 4.78 is 0. The highest BCUT2D eigenvalue weighted by atomic mass is 16.2. The third-order valence-corrected chi connectivity index (χ3v) is 5.14. The molecule has 0 radical (unpaired) electrons. The first kappa shape index (κ1) is 17.5. The van der Waals surface area contributed by atoms with Gasteiger partial charge in [-0.2, -0.15) is 5.10 Å². The summed E-state index contributed by atoms with van der Waals surface area (Å²) in [4.78, 5) is 21.3. The van der Waals surface area contributed by atoms with Crippen LogP contribution in [0.25, 0.3) is 0 Å². The predicted octanol–water partition coefficient (Wildman–Crippen LogP) is 2.58. The summed E-state index contributed by atoms with van der Waals surface area (Å²) in [6.45, 7) is 3.42. The van der Waals surface area contributed by atoms with Gasteiger partial charge in [0.05, 0.1) is 5.69 Å². The summed E-state index contributed by atoms with van der Waals surface area (Å²) in [5.74, 6) is 1.66. The van der Waals surface area contributed by atoms with Crippen molar-refractivity contribution in [1.29, 1.82) is 0 Å². The Bertz CT molecular complexity index is 756. The highest BCUT2D eigenvalue weighted by Gasteiger charge is 2.24. The molecule has 8 nitrogen and oxygen atoms in total. The fraction of sp³-hybridized carbons (Fsp3) is 0.474. The second-order valence-corrected chi connectivity index (χ2v) is 7.01. The molecule has 2 aromatic rings. The number of nitrogens with zero attached hydrogens (tertiary/aromatic N) is 5. The number of aromatic nitrogens is 3. The Morgan fingerprint density at radius 2 is 1.81 bits per heavy atom. The van der Waals surface area contributed by atoms with Crippen molar-refractivity contribution in [2.45, 2.75) is 31.7 Å². The Balaban J connectivity index is 1.32. The van der Waals surface area contributed by atoms with Crippen LogP contribution in [-0.4, -0.2) is 58.3 Å². The zero-order chi connectivity index (χ0) is 18.5. The van der Waals surface area contributed by atoms with Crippen LogP contribution in [0.2, 0.25) is 0 Å². The van der Waals surface area contributed by atoms with E-state index in [2.05, 4.69) is 30.7 Å². The molecule has 27 heavy (non-hydrogen) atoms. The number of pyridine rings is 1. The van der Waals surface area contributed by atoms with E-state index in [1.807, 2.05) is 29.2 Å². The third kappa shape index (κ3) is 4.27. The van der Waals surface area contributed by atoms with Gasteiger partial charge in [0.1, 0.15) is 5.82 Å². The van der Waals surface area contributed by atoms with Gasteiger partial charge in [-0.15, -0.1) is 5.10 Å². The number of likely N-dealkylation sites (tertiary alicyclic amines) is 1. The third-order valence-electron chi connectivity index (χ3n) is 5.14. The van der Waals surface area contributed by atoms with Gasteiger partial charge in [0.25, 0.3) is 0 Å². The molecule has 0 saturated carbocycles. The molecular formula is C19H25N7O. The van der Waals surface area contributed by atoms with Gasteiger partial charge in [-0.3, -0.25) is 0 Å². The fourth-order valence-corrected chi connectivity index (χ4v) is 3.68. The number of rotatable bonds is 4. The van der Waals surface area contributed by atoms with Crippen molar-refractivity contribution in [3.8, 4) is 0 Å². The largest absolute Gasteiger partial charge is 0.366 e. The van der Waals surface area contributed by atoms with Crippen molar-refractivity contribution in [2.24, 2.45) is 0 Å². The zero-order valence-electron chi connectivity index (χ0n) is 15.3. The number of nitrogens with one attached hydrogen (secondary N) is 2. The lowest BCUT2D eigenvalue weighted by Gasteiger charge is -2.32. The lowest BCUT2D eigenvalue weighted by atomic mass is 10.1. The van der Waals surface area contributed by atoms with Gasteiger partial charge in [0.2, 0.25) is 0 Å². The van der Waals surface area contributed by atoms with Gasteiger partial charge in [-0.1, -0.05) is 0 Å².